The van der Waals surface area contributed by atoms with E-state index in [1.165, 1.54) is 5.56 Å². The Bertz CT molecular complexity index is 713. The van der Waals surface area contributed by atoms with Gasteiger partial charge in [0.15, 0.2) is 0 Å². The van der Waals surface area contributed by atoms with Crippen molar-refractivity contribution in [3.05, 3.63) is 34.9 Å². The molecule has 6 heteroatoms. The first kappa shape index (κ1) is 20.8. The third-order valence-electron chi connectivity index (χ3n) is 6.27. The van der Waals surface area contributed by atoms with Crippen LogP contribution in [0.2, 0.25) is 0 Å². The van der Waals surface area contributed by atoms with Crippen LogP contribution in [-0.2, 0) is 16.1 Å². The molecule has 2 amide bonds. The quantitative estimate of drug-likeness (QED) is 0.715. The van der Waals surface area contributed by atoms with Crippen LogP contribution in [0.4, 0.5) is 0 Å². The molecule has 2 aliphatic rings. The van der Waals surface area contributed by atoms with Crippen molar-refractivity contribution in [3.8, 4) is 0 Å². The fraction of sp³-hybridized carbons (Fsp3) is 0.636. The minimum Gasteiger partial charge on any atom is -0.391 e. The lowest BCUT2D eigenvalue weighted by molar-refractivity contribution is -0.128. The second-order valence-electron chi connectivity index (χ2n) is 8.58. The Kier molecular flexibility index (Phi) is 6.73. The van der Waals surface area contributed by atoms with Crippen LogP contribution in [0.5, 0.6) is 0 Å². The molecule has 1 saturated heterocycles. The average Bonchev–Trinajstić information content (AvgIpc) is 3.02. The summed E-state index contributed by atoms with van der Waals surface area (Å²) in [5.41, 5.74) is 3.47. The molecular weight excluding hydrogens is 354 g/mol. The van der Waals surface area contributed by atoms with E-state index in [1.54, 1.807) is 0 Å². The van der Waals surface area contributed by atoms with E-state index < -0.39 is 6.10 Å². The van der Waals surface area contributed by atoms with E-state index in [2.05, 4.69) is 35.6 Å². The Morgan fingerprint density at radius 3 is 2.50 bits per heavy atom. The number of benzene rings is 1. The van der Waals surface area contributed by atoms with Crippen molar-refractivity contribution in [2.24, 2.45) is 11.8 Å². The number of hydrogen-bond donors (Lipinski definition) is 3. The van der Waals surface area contributed by atoms with E-state index in [0.29, 0.717) is 19.4 Å². The zero-order valence-corrected chi connectivity index (χ0v) is 17.2. The molecule has 0 radical (unpaired) electrons. The molecule has 0 bridgehead atoms. The van der Waals surface area contributed by atoms with E-state index in [-0.39, 0.29) is 29.7 Å². The molecule has 1 saturated carbocycles. The van der Waals surface area contributed by atoms with Crippen molar-refractivity contribution in [2.75, 3.05) is 20.1 Å². The monoisotopic (exact) mass is 387 g/mol. The van der Waals surface area contributed by atoms with Crippen molar-refractivity contribution in [3.63, 3.8) is 0 Å². The largest absolute Gasteiger partial charge is 0.391 e. The number of piperidine rings is 1. The van der Waals surface area contributed by atoms with Gasteiger partial charge in [-0.3, -0.25) is 9.59 Å². The summed E-state index contributed by atoms with van der Waals surface area (Å²) in [5, 5.41) is 16.3. The first-order valence-corrected chi connectivity index (χ1v) is 10.3. The fourth-order valence-corrected chi connectivity index (χ4v) is 4.33. The van der Waals surface area contributed by atoms with Gasteiger partial charge in [-0.1, -0.05) is 23.8 Å². The summed E-state index contributed by atoms with van der Waals surface area (Å²) in [7, 11) is 2.07. The van der Waals surface area contributed by atoms with Crippen molar-refractivity contribution in [1.29, 1.82) is 0 Å². The lowest BCUT2D eigenvalue weighted by atomic mass is 9.95. The van der Waals surface area contributed by atoms with Crippen LogP contribution < -0.4 is 10.6 Å². The second kappa shape index (κ2) is 9.05. The van der Waals surface area contributed by atoms with Gasteiger partial charge < -0.3 is 20.6 Å². The smallest absolute Gasteiger partial charge is 0.223 e. The third-order valence-corrected chi connectivity index (χ3v) is 6.27. The molecule has 0 aromatic heterocycles. The van der Waals surface area contributed by atoms with Gasteiger partial charge in [-0.25, -0.2) is 0 Å². The summed E-state index contributed by atoms with van der Waals surface area (Å²) in [6.45, 7) is 6.44. The molecule has 1 aromatic rings. The number of rotatable bonds is 5. The number of nitrogens with one attached hydrogen (secondary N) is 2. The highest BCUT2D eigenvalue weighted by atomic mass is 16.3. The minimum atomic E-state index is -0.660. The summed E-state index contributed by atoms with van der Waals surface area (Å²) < 4.78 is 0. The molecule has 1 aromatic carbocycles. The SMILES string of the molecule is Cc1ccc(CNC(=O)[C@H]2C[C@H](NC(=O)C3CCN(C)CC3)[C@@H](O)C2)c(C)c1. The molecule has 0 unspecified atom stereocenters. The van der Waals surface area contributed by atoms with Crippen LogP contribution in [0.1, 0.15) is 42.4 Å². The predicted octanol–water partition coefficient (Wildman–Crippen LogP) is 1.52. The van der Waals surface area contributed by atoms with Crippen LogP contribution in [0.3, 0.4) is 0 Å². The number of likely N-dealkylation sites (tertiary alicyclic amines) is 1. The molecule has 1 heterocycles. The number of aliphatic hydroxyl groups is 1. The van der Waals surface area contributed by atoms with Crippen LogP contribution >= 0.6 is 0 Å². The van der Waals surface area contributed by atoms with Crippen molar-refractivity contribution < 1.29 is 14.7 Å². The number of carbonyl (C=O) groups excluding carboxylic acids is 2. The van der Waals surface area contributed by atoms with Gasteiger partial charge in [0.05, 0.1) is 12.1 Å². The highest BCUT2D eigenvalue weighted by molar-refractivity contribution is 5.81. The van der Waals surface area contributed by atoms with Gasteiger partial charge in [0.25, 0.3) is 0 Å². The van der Waals surface area contributed by atoms with E-state index in [4.69, 9.17) is 0 Å². The van der Waals surface area contributed by atoms with Gasteiger partial charge in [-0.2, -0.15) is 0 Å². The molecule has 1 aliphatic heterocycles. The van der Waals surface area contributed by atoms with Gasteiger partial charge in [-0.05, 0) is 70.8 Å². The summed E-state index contributed by atoms with van der Waals surface area (Å²) in [6.07, 6.45) is 1.94. The number of hydrogen-bond acceptors (Lipinski definition) is 4. The molecule has 1 aliphatic carbocycles. The molecule has 154 valence electrons. The minimum absolute atomic E-state index is 0.0146. The molecular formula is C22H33N3O3. The van der Waals surface area contributed by atoms with Crippen molar-refractivity contribution >= 4 is 11.8 Å². The van der Waals surface area contributed by atoms with Gasteiger partial charge in [0.1, 0.15) is 0 Å². The topological polar surface area (TPSA) is 81.7 Å². The number of nitrogens with zero attached hydrogens (tertiary/aromatic N) is 1. The van der Waals surface area contributed by atoms with E-state index in [1.807, 2.05) is 19.1 Å². The molecule has 28 heavy (non-hydrogen) atoms. The molecule has 3 atom stereocenters. The second-order valence-corrected chi connectivity index (χ2v) is 8.58. The Morgan fingerprint density at radius 2 is 1.82 bits per heavy atom. The molecule has 3 rings (SSSR count). The fourth-order valence-electron chi connectivity index (χ4n) is 4.33. The van der Waals surface area contributed by atoms with Gasteiger partial charge >= 0.3 is 0 Å². The zero-order chi connectivity index (χ0) is 20.3. The van der Waals surface area contributed by atoms with Crippen LogP contribution in [0, 0.1) is 25.7 Å². The summed E-state index contributed by atoms with van der Waals surface area (Å²) >= 11 is 0. The van der Waals surface area contributed by atoms with Crippen molar-refractivity contribution in [1.82, 2.24) is 15.5 Å². The van der Waals surface area contributed by atoms with Gasteiger partial charge in [0, 0.05) is 18.4 Å². The Labute approximate surface area is 167 Å². The van der Waals surface area contributed by atoms with Crippen LogP contribution in [-0.4, -0.2) is 54.1 Å². The first-order chi connectivity index (χ1) is 13.3. The van der Waals surface area contributed by atoms with Gasteiger partial charge in [0.2, 0.25) is 11.8 Å². The summed E-state index contributed by atoms with van der Waals surface area (Å²) in [6, 6.07) is 5.86. The lowest BCUT2D eigenvalue weighted by Gasteiger charge is -2.29. The zero-order valence-electron chi connectivity index (χ0n) is 17.2. The number of carbonyl (C=O) groups is 2. The number of aliphatic hydroxyl groups excluding tert-OH is 1. The maximum Gasteiger partial charge on any atom is 0.223 e. The van der Waals surface area contributed by atoms with E-state index in [9.17, 15) is 14.7 Å². The maximum absolute atomic E-state index is 12.6. The average molecular weight is 388 g/mol. The Balaban J connectivity index is 1.48. The normalized spacial score (nSPS) is 26.2. The summed E-state index contributed by atoms with van der Waals surface area (Å²) in [4.78, 5) is 27.3. The van der Waals surface area contributed by atoms with Crippen molar-refractivity contribution in [2.45, 2.75) is 58.2 Å². The molecule has 2 fully saturated rings. The molecule has 6 nitrogen and oxygen atoms in total. The highest BCUT2D eigenvalue weighted by Crippen LogP contribution is 2.27. The Morgan fingerprint density at radius 1 is 1.11 bits per heavy atom. The first-order valence-electron chi connectivity index (χ1n) is 10.3. The predicted molar refractivity (Wildman–Crippen MR) is 109 cm³/mol. The number of aryl methyl sites for hydroxylation is 2. The molecule has 3 N–H and O–H groups in total. The molecule has 0 spiro atoms. The van der Waals surface area contributed by atoms with E-state index in [0.717, 1.165) is 37.1 Å². The standard InChI is InChI=1S/C22H33N3O3/c1-14-4-5-17(15(2)10-14)13-23-21(27)18-11-19(20(26)12-18)24-22(28)16-6-8-25(3)9-7-16/h4-5,10,16,18-20,26H,6-9,11-13H2,1-3H3,(H,23,27)(H,24,28)/t18-,19-,20-/m0/s1. The lowest BCUT2D eigenvalue weighted by Crippen LogP contribution is -2.45. The third kappa shape index (κ3) is 5.11. The van der Waals surface area contributed by atoms with Crippen LogP contribution in [0.15, 0.2) is 18.2 Å². The Hall–Kier alpha value is -1.92. The maximum atomic E-state index is 12.6. The van der Waals surface area contributed by atoms with Crippen LogP contribution in [0.25, 0.3) is 0 Å². The number of amides is 2. The highest BCUT2D eigenvalue weighted by Gasteiger charge is 2.38. The summed E-state index contributed by atoms with van der Waals surface area (Å²) in [5.74, 6) is -0.270. The van der Waals surface area contributed by atoms with Gasteiger partial charge in [-0.15, -0.1) is 0 Å². The van der Waals surface area contributed by atoms with E-state index >= 15 is 0 Å².